The van der Waals surface area contributed by atoms with Crippen molar-refractivity contribution >= 4 is 22.9 Å². The van der Waals surface area contributed by atoms with Crippen molar-refractivity contribution in [2.75, 3.05) is 11.5 Å². The summed E-state index contributed by atoms with van der Waals surface area (Å²) in [7, 11) is 0. The molecule has 0 amide bonds. The third-order valence-corrected chi connectivity index (χ3v) is 2.75. The molecule has 2 rings (SSSR count). The minimum absolute atomic E-state index is 0.328. The van der Waals surface area contributed by atoms with Gasteiger partial charge in [0.15, 0.2) is 0 Å². The summed E-state index contributed by atoms with van der Waals surface area (Å²) in [5.74, 6) is 0.328. The monoisotopic (exact) mass is 258 g/mol. The van der Waals surface area contributed by atoms with Gasteiger partial charge in [0.1, 0.15) is 11.9 Å². The van der Waals surface area contributed by atoms with Crippen LogP contribution in [0, 0.1) is 13.8 Å². The summed E-state index contributed by atoms with van der Waals surface area (Å²) in [6.07, 6.45) is 1.50. The van der Waals surface area contributed by atoms with Crippen LogP contribution in [0.25, 0.3) is 0 Å². The second kappa shape index (κ2) is 4.93. The topological polar surface area (TPSA) is 101 Å². The van der Waals surface area contributed by atoms with Gasteiger partial charge in [0, 0.05) is 11.8 Å². The summed E-state index contributed by atoms with van der Waals surface area (Å²) in [6, 6.07) is 6.88. The summed E-state index contributed by atoms with van der Waals surface area (Å²) in [5.41, 5.74) is 15.0. The SMILES string of the molecule is Cc1cc[n+](O)c(N=Nc2cc(C)c(N)cc2N)c1. The van der Waals surface area contributed by atoms with Crippen LogP contribution in [0.2, 0.25) is 0 Å². The Morgan fingerprint density at radius 2 is 1.79 bits per heavy atom. The largest absolute Gasteiger partial charge is 0.398 e. The van der Waals surface area contributed by atoms with E-state index in [1.165, 1.54) is 6.20 Å². The van der Waals surface area contributed by atoms with Gasteiger partial charge in [-0.05, 0) is 53.0 Å². The summed E-state index contributed by atoms with van der Waals surface area (Å²) < 4.78 is 0.900. The van der Waals surface area contributed by atoms with E-state index in [-0.39, 0.29) is 0 Å². The van der Waals surface area contributed by atoms with Crippen LogP contribution in [0.5, 0.6) is 0 Å². The van der Waals surface area contributed by atoms with Crippen molar-refractivity contribution in [1.29, 1.82) is 0 Å². The van der Waals surface area contributed by atoms with E-state index in [2.05, 4.69) is 10.2 Å². The standard InChI is InChI=1S/C13H15N5O/c1-8-3-4-18(19)13(5-8)17-16-12-6-9(2)10(14)7-11(12)15/h3-7,19H,1-2H3,(H3,14,15)/p+1. The van der Waals surface area contributed by atoms with Crippen molar-refractivity contribution < 1.29 is 9.94 Å². The predicted molar refractivity (Wildman–Crippen MR) is 72.7 cm³/mol. The van der Waals surface area contributed by atoms with Crippen LogP contribution in [-0.2, 0) is 0 Å². The van der Waals surface area contributed by atoms with Crippen LogP contribution in [0.3, 0.4) is 0 Å². The average Bonchev–Trinajstić information content (AvgIpc) is 2.36. The number of azo groups is 1. The lowest BCUT2D eigenvalue weighted by atomic mass is 10.1. The average molecular weight is 258 g/mol. The zero-order valence-electron chi connectivity index (χ0n) is 10.8. The van der Waals surface area contributed by atoms with Gasteiger partial charge in [-0.25, -0.2) is 0 Å². The lowest BCUT2D eigenvalue weighted by Gasteiger charge is -2.02. The first-order valence-corrected chi connectivity index (χ1v) is 5.76. The lowest BCUT2D eigenvalue weighted by molar-refractivity contribution is -0.894. The molecule has 0 unspecified atom stereocenters. The van der Waals surface area contributed by atoms with Crippen molar-refractivity contribution in [2.45, 2.75) is 13.8 Å². The number of hydrogen-bond acceptors (Lipinski definition) is 5. The van der Waals surface area contributed by atoms with Crippen LogP contribution in [0.1, 0.15) is 11.1 Å². The van der Waals surface area contributed by atoms with Gasteiger partial charge >= 0.3 is 5.82 Å². The molecule has 0 aliphatic rings. The Hall–Kier alpha value is -2.63. The molecular weight excluding hydrogens is 242 g/mol. The third kappa shape index (κ3) is 2.79. The fourth-order valence-electron chi connectivity index (χ4n) is 1.58. The van der Waals surface area contributed by atoms with Crippen LogP contribution in [0.15, 0.2) is 40.7 Å². The number of aromatic nitrogens is 1. The maximum absolute atomic E-state index is 9.59. The van der Waals surface area contributed by atoms with Gasteiger partial charge in [-0.15, -0.1) is 0 Å². The first-order chi connectivity index (χ1) is 8.97. The van der Waals surface area contributed by atoms with Gasteiger partial charge in [-0.3, -0.25) is 0 Å². The second-order valence-electron chi connectivity index (χ2n) is 4.37. The summed E-state index contributed by atoms with van der Waals surface area (Å²) in [6.45, 7) is 3.77. The summed E-state index contributed by atoms with van der Waals surface area (Å²) in [5, 5.41) is 17.6. The molecule has 98 valence electrons. The number of benzene rings is 1. The fourth-order valence-corrected chi connectivity index (χ4v) is 1.58. The second-order valence-corrected chi connectivity index (χ2v) is 4.37. The summed E-state index contributed by atoms with van der Waals surface area (Å²) in [4.78, 5) is 0. The molecule has 0 fully saturated rings. The molecule has 0 bridgehead atoms. The fraction of sp³-hybridized carbons (Fsp3) is 0.154. The van der Waals surface area contributed by atoms with Crippen molar-refractivity contribution in [3.63, 3.8) is 0 Å². The Bertz CT molecular complexity index is 652. The van der Waals surface area contributed by atoms with Gasteiger partial charge in [-0.2, -0.15) is 0 Å². The van der Waals surface area contributed by atoms with Gasteiger partial charge in [0.05, 0.1) is 10.8 Å². The number of pyridine rings is 1. The molecule has 1 aromatic carbocycles. The molecule has 0 aliphatic carbocycles. The number of aryl methyl sites for hydroxylation is 2. The number of nitrogens with zero attached hydrogens (tertiary/aromatic N) is 3. The molecule has 0 saturated heterocycles. The molecule has 6 heteroatoms. The number of nitrogens with two attached hydrogens (primary N) is 2. The van der Waals surface area contributed by atoms with E-state index in [1.54, 1.807) is 24.3 Å². The zero-order chi connectivity index (χ0) is 14.0. The zero-order valence-corrected chi connectivity index (χ0v) is 10.8. The van der Waals surface area contributed by atoms with E-state index in [1.807, 2.05) is 13.8 Å². The highest BCUT2D eigenvalue weighted by Crippen LogP contribution is 2.28. The molecule has 1 aromatic heterocycles. The molecule has 0 aliphatic heterocycles. The molecule has 19 heavy (non-hydrogen) atoms. The minimum Gasteiger partial charge on any atom is -0.398 e. The van der Waals surface area contributed by atoms with Crippen molar-refractivity contribution in [3.05, 3.63) is 41.6 Å². The van der Waals surface area contributed by atoms with E-state index < -0.39 is 0 Å². The summed E-state index contributed by atoms with van der Waals surface area (Å²) >= 11 is 0. The van der Waals surface area contributed by atoms with E-state index in [4.69, 9.17) is 11.5 Å². The maximum Gasteiger partial charge on any atom is 0.388 e. The van der Waals surface area contributed by atoms with Crippen LogP contribution in [0.4, 0.5) is 22.9 Å². The van der Waals surface area contributed by atoms with Crippen molar-refractivity contribution in [2.24, 2.45) is 10.2 Å². The smallest absolute Gasteiger partial charge is 0.388 e. The van der Waals surface area contributed by atoms with E-state index in [0.717, 1.165) is 15.9 Å². The third-order valence-electron chi connectivity index (χ3n) is 2.75. The molecule has 0 spiro atoms. The normalized spacial score (nSPS) is 11.1. The van der Waals surface area contributed by atoms with Gasteiger partial charge in [0.2, 0.25) is 0 Å². The molecule has 6 nitrogen and oxygen atoms in total. The Morgan fingerprint density at radius 3 is 2.53 bits per heavy atom. The first kappa shape index (κ1) is 12.8. The van der Waals surface area contributed by atoms with Gasteiger partial charge in [0.25, 0.3) is 0 Å². The van der Waals surface area contributed by atoms with Crippen LogP contribution < -0.4 is 16.2 Å². The van der Waals surface area contributed by atoms with E-state index in [0.29, 0.717) is 22.9 Å². The minimum atomic E-state index is 0.328. The van der Waals surface area contributed by atoms with Crippen molar-refractivity contribution in [1.82, 2.24) is 0 Å². The molecule has 1 heterocycles. The van der Waals surface area contributed by atoms with Gasteiger partial charge in [-0.1, -0.05) is 0 Å². The quantitative estimate of drug-likeness (QED) is 0.333. The Kier molecular flexibility index (Phi) is 3.33. The predicted octanol–water partition coefficient (Wildman–Crippen LogP) is 2.41. The highest BCUT2D eigenvalue weighted by molar-refractivity contribution is 5.70. The molecule has 0 saturated carbocycles. The Labute approximate surface area is 111 Å². The maximum atomic E-state index is 9.59. The number of anilines is 2. The lowest BCUT2D eigenvalue weighted by Crippen LogP contribution is -2.29. The van der Waals surface area contributed by atoms with Gasteiger partial charge < -0.3 is 16.7 Å². The molecule has 0 radical (unpaired) electrons. The first-order valence-electron chi connectivity index (χ1n) is 5.76. The van der Waals surface area contributed by atoms with E-state index >= 15 is 0 Å². The van der Waals surface area contributed by atoms with E-state index in [9.17, 15) is 5.21 Å². The van der Waals surface area contributed by atoms with Crippen molar-refractivity contribution in [3.8, 4) is 0 Å². The number of hydrogen-bond donors (Lipinski definition) is 3. The molecular formula is C13H16N5O+. The number of nitrogen functional groups attached to an aromatic ring is 2. The highest BCUT2D eigenvalue weighted by Gasteiger charge is 2.10. The Balaban J connectivity index is 2.38. The number of rotatable bonds is 2. The highest BCUT2D eigenvalue weighted by atomic mass is 16.5. The van der Waals surface area contributed by atoms with Crippen LogP contribution in [-0.4, -0.2) is 5.21 Å². The molecule has 2 aromatic rings. The molecule has 0 atom stereocenters. The van der Waals surface area contributed by atoms with Crippen LogP contribution >= 0.6 is 0 Å². The Morgan fingerprint density at radius 1 is 1.05 bits per heavy atom. The molecule has 5 N–H and O–H groups in total.